The number of rotatable bonds is 11. The Morgan fingerprint density at radius 3 is 2.45 bits per heavy atom. The van der Waals surface area contributed by atoms with Crippen LogP contribution in [0.4, 0.5) is 21.6 Å². The zero-order valence-electron chi connectivity index (χ0n) is 23.6. The number of carbonyl (C=O) groups is 3. The summed E-state index contributed by atoms with van der Waals surface area (Å²) < 4.78 is 25.1. The van der Waals surface area contributed by atoms with Gasteiger partial charge in [-0.3, -0.25) is 4.79 Å². The molecule has 0 bridgehead atoms. The number of carboxylic acid groups (broad SMARTS) is 2. The maximum absolute atomic E-state index is 13.6. The van der Waals surface area contributed by atoms with Gasteiger partial charge in [0.15, 0.2) is 12.2 Å². The molecule has 0 spiro atoms. The molecule has 6 N–H and O–H groups in total. The number of benzene rings is 2. The molecular weight excluding hydrogens is 605 g/mol. The Kier molecular flexibility index (Phi) is 12.3. The number of aliphatic carboxylic acids is 2. The second-order valence-corrected chi connectivity index (χ2v) is 10.1. The van der Waals surface area contributed by atoms with Gasteiger partial charge in [-0.25, -0.2) is 23.9 Å². The number of likely N-dealkylation sites (N-methyl/N-ethyl adjacent to an activating group) is 1. The molecule has 1 aliphatic rings. The SMILES string of the molecule is CN(C)C/C=C/C(=O)Nc1cc2c(Nc3ccc(F)c(Cl)c3)ncnc2cc1O[C@H]1CCOC1.O=C(O)C(O)C(O)C(=O)O. The van der Waals surface area contributed by atoms with Crippen LogP contribution in [0.2, 0.25) is 5.02 Å². The molecule has 0 radical (unpaired) electrons. The fourth-order valence-electron chi connectivity index (χ4n) is 3.69. The van der Waals surface area contributed by atoms with Gasteiger partial charge < -0.3 is 45.4 Å². The number of carbonyl (C=O) groups excluding carboxylic acids is 1. The second-order valence-electron chi connectivity index (χ2n) is 9.67. The molecule has 44 heavy (non-hydrogen) atoms. The standard InChI is InChI=1S/C24H25ClFN5O3.C4H6O6/c1-31(2)8-3-4-23(32)30-21-11-17-20(12-22(21)34-16-7-9-33-13-16)27-14-28-24(17)29-15-5-6-19(26)18(25)10-15;5-1(3(7)8)2(6)4(9)10/h3-6,10-12,14,16H,7-9,13H2,1-2H3,(H,30,32)(H,27,28,29);1-2,5-6H,(H,7,8)(H,9,10)/b4-3+;/t16-;/m0./s1. The number of carboxylic acids is 2. The van der Waals surface area contributed by atoms with Gasteiger partial charge in [-0.2, -0.15) is 0 Å². The molecule has 16 heteroatoms. The summed E-state index contributed by atoms with van der Waals surface area (Å²) in [6, 6.07) is 7.82. The lowest BCUT2D eigenvalue weighted by atomic mass is 10.1. The largest absolute Gasteiger partial charge is 0.486 e. The predicted molar refractivity (Wildman–Crippen MR) is 158 cm³/mol. The van der Waals surface area contributed by atoms with Crippen molar-refractivity contribution in [3.05, 3.63) is 59.7 Å². The number of aliphatic hydroxyl groups is 2. The van der Waals surface area contributed by atoms with E-state index in [4.69, 9.17) is 41.5 Å². The third-order valence-electron chi connectivity index (χ3n) is 5.90. The van der Waals surface area contributed by atoms with Crippen molar-refractivity contribution in [2.45, 2.75) is 24.7 Å². The molecule has 3 aromatic rings. The summed E-state index contributed by atoms with van der Waals surface area (Å²) in [5.41, 5.74) is 1.65. The number of ether oxygens (including phenoxy) is 2. The van der Waals surface area contributed by atoms with Gasteiger partial charge in [0.25, 0.3) is 0 Å². The number of aromatic nitrogens is 2. The van der Waals surface area contributed by atoms with Crippen LogP contribution in [0.5, 0.6) is 5.75 Å². The molecule has 3 atom stereocenters. The first-order chi connectivity index (χ1) is 20.8. The van der Waals surface area contributed by atoms with E-state index in [1.165, 1.54) is 24.5 Å². The van der Waals surface area contributed by atoms with Crippen molar-refractivity contribution in [2.75, 3.05) is 44.5 Å². The molecule has 0 aliphatic carbocycles. The third kappa shape index (κ3) is 9.82. The highest BCUT2D eigenvalue weighted by Crippen LogP contribution is 2.35. The van der Waals surface area contributed by atoms with E-state index < -0.39 is 30.0 Å². The van der Waals surface area contributed by atoms with Gasteiger partial charge in [-0.1, -0.05) is 17.7 Å². The van der Waals surface area contributed by atoms with Gasteiger partial charge in [0.1, 0.15) is 29.8 Å². The Morgan fingerprint density at radius 2 is 1.86 bits per heavy atom. The normalized spacial score (nSPS) is 15.8. The lowest BCUT2D eigenvalue weighted by Crippen LogP contribution is -2.39. The van der Waals surface area contributed by atoms with Gasteiger partial charge >= 0.3 is 11.9 Å². The average Bonchev–Trinajstić information content (AvgIpc) is 3.48. The number of nitrogens with zero attached hydrogens (tertiary/aromatic N) is 3. The quantitative estimate of drug-likeness (QED) is 0.168. The predicted octanol–water partition coefficient (Wildman–Crippen LogP) is 2.27. The lowest BCUT2D eigenvalue weighted by Gasteiger charge is -2.17. The Hall–Kier alpha value is -4.41. The van der Waals surface area contributed by atoms with Crippen molar-refractivity contribution in [1.82, 2.24) is 14.9 Å². The number of hydrogen-bond donors (Lipinski definition) is 6. The van der Waals surface area contributed by atoms with Crippen LogP contribution >= 0.6 is 11.6 Å². The lowest BCUT2D eigenvalue weighted by molar-refractivity contribution is -0.165. The van der Waals surface area contributed by atoms with Gasteiger partial charge in [0, 0.05) is 36.2 Å². The third-order valence-corrected chi connectivity index (χ3v) is 6.19. The van der Waals surface area contributed by atoms with Gasteiger partial charge in [-0.05, 0) is 38.4 Å². The van der Waals surface area contributed by atoms with Crippen LogP contribution in [0.3, 0.4) is 0 Å². The summed E-state index contributed by atoms with van der Waals surface area (Å²) in [4.78, 5) is 42.7. The fourth-order valence-corrected chi connectivity index (χ4v) is 3.87. The minimum Gasteiger partial charge on any atom is -0.486 e. The topological polar surface area (TPSA) is 204 Å². The molecule has 2 unspecified atom stereocenters. The highest BCUT2D eigenvalue weighted by atomic mass is 35.5. The number of amides is 1. The summed E-state index contributed by atoms with van der Waals surface area (Å²) in [5, 5.41) is 39.2. The molecule has 1 amide bonds. The van der Waals surface area contributed by atoms with Crippen molar-refractivity contribution in [1.29, 1.82) is 0 Å². The molecule has 1 fully saturated rings. The number of aliphatic hydroxyl groups excluding tert-OH is 2. The molecule has 236 valence electrons. The van der Waals surface area contributed by atoms with Crippen molar-refractivity contribution in [2.24, 2.45) is 0 Å². The van der Waals surface area contributed by atoms with Crippen molar-refractivity contribution in [3.8, 4) is 5.75 Å². The highest BCUT2D eigenvalue weighted by molar-refractivity contribution is 6.31. The van der Waals surface area contributed by atoms with Crippen LogP contribution in [0, 0.1) is 5.82 Å². The summed E-state index contributed by atoms with van der Waals surface area (Å²) in [7, 11) is 3.84. The van der Waals surface area contributed by atoms with Crippen molar-refractivity contribution in [3.63, 3.8) is 0 Å². The Labute approximate surface area is 255 Å². The first-order valence-electron chi connectivity index (χ1n) is 13.0. The van der Waals surface area contributed by atoms with Crippen LogP contribution < -0.4 is 15.4 Å². The Balaban J connectivity index is 0.000000456. The first kappa shape index (κ1) is 34.1. The molecule has 4 rings (SSSR count). The average molecular weight is 636 g/mol. The van der Waals surface area contributed by atoms with E-state index in [0.29, 0.717) is 53.6 Å². The van der Waals surface area contributed by atoms with Crippen molar-refractivity contribution >= 4 is 57.5 Å². The summed E-state index contributed by atoms with van der Waals surface area (Å²) >= 11 is 5.91. The zero-order valence-corrected chi connectivity index (χ0v) is 24.4. The van der Waals surface area contributed by atoms with Crippen molar-refractivity contribution < 1.29 is 48.7 Å². The molecule has 1 saturated heterocycles. The van der Waals surface area contributed by atoms with E-state index in [1.807, 2.05) is 19.0 Å². The van der Waals surface area contributed by atoms with Crippen LogP contribution in [0.15, 0.2) is 48.8 Å². The summed E-state index contributed by atoms with van der Waals surface area (Å²) in [6.45, 7) is 1.75. The number of nitrogens with one attached hydrogen (secondary N) is 2. The maximum Gasteiger partial charge on any atom is 0.335 e. The van der Waals surface area contributed by atoms with E-state index in [2.05, 4.69) is 20.6 Å². The van der Waals surface area contributed by atoms with E-state index in [9.17, 15) is 18.8 Å². The van der Waals surface area contributed by atoms with Crippen LogP contribution in [-0.2, 0) is 19.1 Å². The van der Waals surface area contributed by atoms with Gasteiger partial charge in [0.2, 0.25) is 5.91 Å². The van der Waals surface area contributed by atoms with Gasteiger partial charge in [-0.15, -0.1) is 0 Å². The van der Waals surface area contributed by atoms with E-state index in [-0.39, 0.29) is 17.0 Å². The van der Waals surface area contributed by atoms with E-state index >= 15 is 0 Å². The zero-order chi connectivity index (χ0) is 32.4. The van der Waals surface area contributed by atoms with Crippen LogP contribution in [-0.4, -0.2) is 105 Å². The molecule has 2 aromatic carbocycles. The summed E-state index contributed by atoms with van der Waals surface area (Å²) in [6.07, 6.45) is 0.786. The molecule has 1 aliphatic heterocycles. The molecule has 0 saturated carbocycles. The monoisotopic (exact) mass is 635 g/mol. The second kappa shape index (κ2) is 15.9. The maximum atomic E-state index is 13.6. The number of halogens is 2. The van der Waals surface area contributed by atoms with E-state index in [1.54, 1.807) is 24.3 Å². The Bertz CT molecular complexity index is 1500. The minimum absolute atomic E-state index is 0.00436. The molecular formula is C28H31ClFN5O9. The Morgan fingerprint density at radius 1 is 1.16 bits per heavy atom. The number of anilines is 3. The molecule has 14 nitrogen and oxygen atoms in total. The minimum atomic E-state index is -2.27. The van der Waals surface area contributed by atoms with E-state index in [0.717, 1.165) is 6.42 Å². The first-order valence-corrected chi connectivity index (χ1v) is 13.4. The smallest absolute Gasteiger partial charge is 0.335 e. The van der Waals surface area contributed by atoms with Crippen LogP contribution in [0.1, 0.15) is 6.42 Å². The fraction of sp³-hybridized carbons (Fsp3) is 0.321. The van der Waals surface area contributed by atoms with Crippen LogP contribution in [0.25, 0.3) is 10.9 Å². The summed E-state index contributed by atoms with van der Waals surface area (Å²) in [5.74, 6) is -3.37. The number of hydrogen-bond acceptors (Lipinski definition) is 11. The highest BCUT2D eigenvalue weighted by Gasteiger charge is 2.29. The number of fused-ring (bicyclic) bond motifs is 1. The molecule has 2 heterocycles. The van der Waals surface area contributed by atoms with Gasteiger partial charge in [0.05, 0.1) is 29.4 Å². The molecule has 1 aromatic heterocycles.